The van der Waals surface area contributed by atoms with Crippen LogP contribution in [0.15, 0.2) is 22.7 Å². The maximum absolute atomic E-state index is 12.6. The van der Waals surface area contributed by atoms with Crippen molar-refractivity contribution in [3.8, 4) is 11.3 Å². The number of hydrogen-bond acceptors (Lipinski definition) is 7. The molecule has 0 bridgehead atoms. The highest BCUT2D eigenvalue weighted by atomic mass is 35.5. The van der Waals surface area contributed by atoms with E-state index in [9.17, 15) is 18.3 Å². The Labute approximate surface area is 200 Å². The first-order valence-corrected chi connectivity index (χ1v) is 11.8. The Bertz CT molecular complexity index is 1140. The van der Waals surface area contributed by atoms with Crippen LogP contribution in [0.25, 0.3) is 22.3 Å². The quantitative estimate of drug-likeness (QED) is 0.320. The molecule has 2 unspecified atom stereocenters. The second kappa shape index (κ2) is 10.4. The highest BCUT2D eigenvalue weighted by Gasteiger charge is 2.28. The van der Waals surface area contributed by atoms with Gasteiger partial charge in [-0.05, 0) is 50.2 Å². The van der Waals surface area contributed by atoms with E-state index < -0.39 is 12.6 Å². The van der Waals surface area contributed by atoms with Crippen molar-refractivity contribution < 1.29 is 22.7 Å². The SMILES string of the molecule is CCc1cc2cc(-c3c(Cl)nc(NCCC(F)(F)F)nc3NC3CCC(CCO)C3)oc2cn1. The topological polar surface area (TPSA) is 96.1 Å². The van der Waals surface area contributed by atoms with Crippen molar-refractivity contribution in [3.05, 3.63) is 29.2 Å². The average molecular weight is 498 g/mol. The van der Waals surface area contributed by atoms with Gasteiger partial charge in [-0.3, -0.25) is 4.98 Å². The van der Waals surface area contributed by atoms with Gasteiger partial charge in [0.05, 0.1) is 18.2 Å². The van der Waals surface area contributed by atoms with E-state index >= 15 is 0 Å². The van der Waals surface area contributed by atoms with Crippen molar-refractivity contribution in [1.29, 1.82) is 0 Å². The fraction of sp³-hybridized carbons (Fsp3) is 0.522. The van der Waals surface area contributed by atoms with Crippen molar-refractivity contribution in [2.75, 3.05) is 23.8 Å². The maximum atomic E-state index is 12.6. The lowest BCUT2D eigenvalue weighted by Gasteiger charge is -2.18. The molecule has 3 aromatic rings. The first-order chi connectivity index (χ1) is 16.3. The van der Waals surface area contributed by atoms with Crippen molar-refractivity contribution >= 4 is 34.3 Å². The molecule has 0 radical (unpaired) electrons. The third-order valence-corrected chi connectivity index (χ3v) is 6.32. The van der Waals surface area contributed by atoms with Crippen LogP contribution in [0, 0.1) is 5.92 Å². The number of aliphatic hydroxyl groups is 1. The number of aryl methyl sites for hydroxylation is 1. The molecule has 34 heavy (non-hydrogen) atoms. The van der Waals surface area contributed by atoms with Crippen molar-refractivity contribution in [1.82, 2.24) is 15.0 Å². The van der Waals surface area contributed by atoms with E-state index in [1.54, 1.807) is 6.20 Å². The van der Waals surface area contributed by atoms with Crippen LogP contribution in [0.5, 0.6) is 0 Å². The molecule has 1 aliphatic carbocycles. The van der Waals surface area contributed by atoms with Gasteiger partial charge in [-0.25, -0.2) is 4.98 Å². The molecule has 3 aromatic heterocycles. The number of aliphatic hydroxyl groups excluding tert-OH is 1. The number of alkyl halides is 3. The number of halogens is 4. The second-order valence-corrected chi connectivity index (χ2v) is 8.92. The molecular weight excluding hydrogens is 471 g/mol. The van der Waals surface area contributed by atoms with Crippen LogP contribution >= 0.6 is 11.6 Å². The number of fused-ring (bicyclic) bond motifs is 1. The average Bonchev–Trinajstić information content (AvgIpc) is 3.38. The van der Waals surface area contributed by atoms with Gasteiger partial charge in [0.1, 0.15) is 16.7 Å². The lowest BCUT2D eigenvalue weighted by Crippen LogP contribution is -2.19. The molecule has 0 amide bonds. The second-order valence-electron chi connectivity index (χ2n) is 8.56. The van der Waals surface area contributed by atoms with Crippen molar-refractivity contribution in [2.24, 2.45) is 5.92 Å². The maximum Gasteiger partial charge on any atom is 0.390 e. The predicted octanol–water partition coefficient (Wildman–Crippen LogP) is 5.83. The standard InChI is InChI=1S/C23H27ClF3N5O2/c1-2-15-10-14-11-17(34-18(14)12-29-15)19-20(24)31-22(28-7-6-23(25,26)27)32-21(19)30-16-4-3-13(9-16)5-8-33/h10-13,16,33H,2-9H2,1H3,(H2,28,30,31,32). The molecule has 1 saturated carbocycles. The fourth-order valence-electron chi connectivity index (χ4n) is 4.30. The Balaban J connectivity index is 1.66. The molecule has 11 heteroatoms. The summed E-state index contributed by atoms with van der Waals surface area (Å²) in [6.45, 7) is 1.79. The van der Waals surface area contributed by atoms with E-state index in [4.69, 9.17) is 16.0 Å². The Morgan fingerprint density at radius 3 is 2.79 bits per heavy atom. The number of nitrogens with zero attached hydrogens (tertiary/aromatic N) is 3. The number of nitrogens with one attached hydrogen (secondary N) is 2. The van der Waals surface area contributed by atoms with Crippen LogP contribution < -0.4 is 10.6 Å². The predicted molar refractivity (Wildman–Crippen MR) is 125 cm³/mol. The summed E-state index contributed by atoms with van der Waals surface area (Å²) >= 11 is 6.53. The van der Waals surface area contributed by atoms with Gasteiger partial charge in [-0.2, -0.15) is 18.2 Å². The summed E-state index contributed by atoms with van der Waals surface area (Å²) in [5, 5.41) is 16.2. The van der Waals surface area contributed by atoms with Crippen LogP contribution in [-0.4, -0.2) is 45.4 Å². The number of anilines is 2. The third kappa shape index (κ3) is 5.90. The molecule has 0 aromatic carbocycles. The van der Waals surface area contributed by atoms with Crippen molar-refractivity contribution in [3.63, 3.8) is 0 Å². The Hall–Kier alpha value is -2.59. The lowest BCUT2D eigenvalue weighted by atomic mass is 10.0. The van der Waals surface area contributed by atoms with Gasteiger partial charge >= 0.3 is 6.18 Å². The van der Waals surface area contributed by atoms with Crippen LogP contribution in [0.4, 0.5) is 24.9 Å². The first kappa shape index (κ1) is 24.5. The lowest BCUT2D eigenvalue weighted by molar-refractivity contribution is -0.131. The molecule has 3 N–H and O–H groups in total. The molecule has 2 atom stereocenters. The zero-order chi connectivity index (χ0) is 24.3. The molecule has 1 fully saturated rings. The summed E-state index contributed by atoms with van der Waals surface area (Å²) in [6, 6.07) is 3.86. The summed E-state index contributed by atoms with van der Waals surface area (Å²) in [6.07, 6.45) is 0.568. The highest BCUT2D eigenvalue weighted by molar-refractivity contribution is 6.32. The number of aromatic nitrogens is 3. The zero-order valence-corrected chi connectivity index (χ0v) is 19.5. The minimum absolute atomic E-state index is 0.0106. The number of hydrogen-bond donors (Lipinski definition) is 3. The first-order valence-electron chi connectivity index (χ1n) is 11.4. The summed E-state index contributed by atoms with van der Waals surface area (Å²) < 4.78 is 43.7. The monoisotopic (exact) mass is 497 g/mol. The summed E-state index contributed by atoms with van der Waals surface area (Å²) in [5.74, 6) is 1.25. The van der Waals surface area contributed by atoms with E-state index in [-0.39, 0.29) is 30.3 Å². The number of rotatable bonds is 9. The Morgan fingerprint density at radius 2 is 2.06 bits per heavy atom. The van der Waals surface area contributed by atoms with Crippen molar-refractivity contribution in [2.45, 2.75) is 57.7 Å². The van der Waals surface area contributed by atoms with Gasteiger partial charge in [-0.15, -0.1) is 0 Å². The van der Waals surface area contributed by atoms with Gasteiger partial charge in [0, 0.05) is 30.3 Å². The molecule has 7 nitrogen and oxygen atoms in total. The van der Waals surface area contributed by atoms with E-state index in [0.29, 0.717) is 28.6 Å². The fourth-order valence-corrected chi connectivity index (χ4v) is 4.57. The zero-order valence-electron chi connectivity index (χ0n) is 18.8. The molecule has 4 rings (SSSR count). The summed E-state index contributed by atoms with van der Waals surface area (Å²) in [7, 11) is 0. The third-order valence-electron chi connectivity index (χ3n) is 6.05. The Kier molecular flexibility index (Phi) is 7.47. The van der Waals surface area contributed by atoms with E-state index in [1.807, 2.05) is 19.1 Å². The smallest absolute Gasteiger partial charge is 0.390 e. The van der Waals surface area contributed by atoms with E-state index in [0.717, 1.165) is 43.2 Å². The molecule has 0 aliphatic heterocycles. The minimum Gasteiger partial charge on any atom is -0.454 e. The van der Waals surface area contributed by atoms with Gasteiger partial charge < -0.3 is 20.2 Å². The van der Waals surface area contributed by atoms with E-state index in [1.165, 1.54) is 0 Å². The van der Waals surface area contributed by atoms with Crippen LogP contribution in [-0.2, 0) is 6.42 Å². The summed E-state index contributed by atoms with van der Waals surface area (Å²) in [5.41, 5.74) is 1.96. The largest absolute Gasteiger partial charge is 0.454 e. The van der Waals surface area contributed by atoms with Crippen LogP contribution in [0.1, 0.15) is 44.7 Å². The van der Waals surface area contributed by atoms with Gasteiger partial charge in [0.15, 0.2) is 5.58 Å². The molecular formula is C23H27ClF3N5O2. The molecule has 0 spiro atoms. The normalized spacial score (nSPS) is 18.5. The van der Waals surface area contributed by atoms with Gasteiger partial charge in [-0.1, -0.05) is 18.5 Å². The van der Waals surface area contributed by atoms with Gasteiger partial charge in [0.2, 0.25) is 5.95 Å². The Morgan fingerprint density at radius 1 is 1.24 bits per heavy atom. The number of furan rings is 1. The molecule has 184 valence electrons. The molecule has 3 heterocycles. The van der Waals surface area contributed by atoms with E-state index in [2.05, 4.69) is 25.6 Å². The van der Waals surface area contributed by atoms with Crippen LogP contribution in [0.2, 0.25) is 5.15 Å². The molecule has 1 aliphatic rings. The summed E-state index contributed by atoms with van der Waals surface area (Å²) in [4.78, 5) is 13.0. The van der Waals surface area contributed by atoms with Gasteiger partial charge in [0.25, 0.3) is 0 Å². The molecule has 0 saturated heterocycles. The number of pyridine rings is 1. The minimum atomic E-state index is -4.29. The van der Waals surface area contributed by atoms with Crippen LogP contribution in [0.3, 0.4) is 0 Å². The highest BCUT2D eigenvalue weighted by Crippen LogP contribution is 2.39.